The second-order valence-electron chi connectivity index (χ2n) is 4.08. The van der Waals surface area contributed by atoms with E-state index in [9.17, 15) is 0 Å². The first-order valence-corrected chi connectivity index (χ1v) is 6.12. The highest BCUT2D eigenvalue weighted by molar-refractivity contribution is 4.80. The lowest BCUT2D eigenvalue weighted by atomic mass is 9.96. The molecule has 0 aromatic rings. The fraction of sp³-hybridized carbons (Fsp3) is 1.00. The van der Waals surface area contributed by atoms with Gasteiger partial charge in [-0.15, -0.1) is 0 Å². The maximum absolute atomic E-state index is 6.10. The predicted octanol–water partition coefficient (Wildman–Crippen LogP) is 1.57. The maximum Gasteiger partial charge on any atom is 0.0700 e. The standard InChI is InChI=1S/C12H27NO3/c1-4-12(13,5-2)11-16-8-6-7-15-10-9-14-3/h4-11,13H2,1-3H3. The van der Waals surface area contributed by atoms with Crippen molar-refractivity contribution in [2.45, 2.75) is 38.6 Å². The van der Waals surface area contributed by atoms with Gasteiger partial charge in [-0.3, -0.25) is 0 Å². The first-order valence-electron chi connectivity index (χ1n) is 6.12. The molecule has 0 fully saturated rings. The van der Waals surface area contributed by atoms with E-state index in [1.165, 1.54) is 0 Å². The molecule has 4 heteroatoms. The van der Waals surface area contributed by atoms with Crippen LogP contribution in [0, 0.1) is 0 Å². The van der Waals surface area contributed by atoms with Crippen LogP contribution in [-0.2, 0) is 14.2 Å². The molecule has 0 aliphatic heterocycles. The fourth-order valence-corrected chi connectivity index (χ4v) is 1.24. The third-order valence-corrected chi connectivity index (χ3v) is 2.81. The van der Waals surface area contributed by atoms with Crippen molar-refractivity contribution in [1.82, 2.24) is 0 Å². The molecule has 16 heavy (non-hydrogen) atoms. The van der Waals surface area contributed by atoms with Gasteiger partial charge in [-0.25, -0.2) is 0 Å². The minimum Gasteiger partial charge on any atom is -0.382 e. The van der Waals surface area contributed by atoms with Gasteiger partial charge in [0.05, 0.1) is 19.8 Å². The summed E-state index contributed by atoms with van der Waals surface area (Å²) >= 11 is 0. The van der Waals surface area contributed by atoms with Gasteiger partial charge in [0.2, 0.25) is 0 Å². The van der Waals surface area contributed by atoms with Crippen LogP contribution in [0.4, 0.5) is 0 Å². The maximum atomic E-state index is 6.10. The fourth-order valence-electron chi connectivity index (χ4n) is 1.24. The van der Waals surface area contributed by atoms with E-state index in [2.05, 4.69) is 13.8 Å². The molecule has 0 rings (SSSR count). The Labute approximate surface area is 99.4 Å². The third kappa shape index (κ3) is 8.05. The van der Waals surface area contributed by atoms with E-state index in [1.54, 1.807) is 7.11 Å². The normalized spacial score (nSPS) is 12.0. The van der Waals surface area contributed by atoms with Gasteiger partial charge in [0.1, 0.15) is 0 Å². The van der Waals surface area contributed by atoms with Gasteiger partial charge in [0.15, 0.2) is 0 Å². The van der Waals surface area contributed by atoms with E-state index in [0.29, 0.717) is 26.4 Å². The molecule has 0 aromatic carbocycles. The Hall–Kier alpha value is -0.160. The quantitative estimate of drug-likeness (QED) is 0.550. The Kier molecular flexibility index (Phi) is 9.92. The molecule has 0 saturated carbocycles. The first kappa shape index (κ1) is 15.8. The Morgan fingerprint density at radius 2 is 1.56 bits per heavy atom. The highest BCUT2D eigenvalue weighted by Crippen LogP contribution is 2.11. The molecule has 0 aromatic heterocycles. The summed E-state index contributed by atoms with van der Waals surface area (Å²) in [6.45, 7) is 7.57. The monoisotopic (exact) mass is 233 g/mol. The highest BCUT2D eigenvalue weighted by atomic mass is 16.5. The van der Waals surface area contributed by atoms with Crippen molar-refractivity contribution in [2.75, 3.05) is 40.1 Å². The van der Waals surface area contributed by atoms with E-state index in [1.807, 2.05) is 0 Å². The average molecular weight is 233 g/mol. The van der Waals surface area contributed by atoms with Crippen LogP contribution in [0.5, 0.6) is 0 Å². The number of hydrogen-bond acceptors (Lipinski definition) is 4. The van der Waals surface area contributed by atoms with Crippen LogP contribution in [0.3, 0.4) is 0 Å². The van der Waals surface area contributed by atoms with Gasteiger partial charge >= 0.3 is 0 Å². The topological polar surface area (TPSA) is 53.7 Å². The molecule has 0 radical (unpaired) electrons. The summed E-state index contributed by atoms with van der Waals surface area (Å²) in [5.74, 6) is 0. The summed E-state index contributed by atoms with van der Waals surface area (Å²) in [7, 11) is 1.67. The summed E-state index contributed by atoms with van der Waals surface area (Å²) in [6.07, 6.45) is 2.81. The second kappa shape index (κ2) is 10.0. The zero-order valence-corrected chi connectivity index (χ0v) is 11.0. The lowest BCUT2D eigenvalue weighted by Crippen LogP contribution is -2.43. The largest absolute Gasteiger partial charge is 0.382 e. The van der Waals surface area contributed by atoms with Crippen LogP contribution in [0.1, 0.15) is 33.1 Å². The Bertz CT molecular complexity index is 149. The van der Waals surface area contributed by atoms with Gasteiger partial charge in [-0.2, -0.15) is 0 Å². The molecule has 0 bridgehead atoms. The molecule has 4 nitrogen and oxygen atoms in total. The lowest BCUT2D eigenvalue weighted by molar-refractivity contribution is 0.0391. The molecule has 0 heterocycles. The SMILES string of the molecule is CCC(N)(CC)COCCCOCCOC. The molecule has 0 unspecified atom stereocenters. The van der Waals surface area contributed by atoms with Crippen LogP contribution >= 0.6 is 0 Å². The summed E-state index contributed by atoms with van der Waals surface area (Å²) < 4.78 is 15.7. The number of hydrogen-bond donors (Lipinski definition) is 1. The number of rotatable bonds is 11. The van der Waals surface area contributed by atoms with Crippen molar-refractivity contribution < 1.29 is 14.2 Å². The van der Waals surface area contributed by atoms with Crippen molar-refractivity contribution in [1.29, 1.82) is 0 Å². The number of nitrogens with two attached hydrogens (primary N) is 1. The van der Waals surface area contributed by atoms with E-state index < -0.39 is 0 Å². The van der Waals surface area contributed by atoms with Crippen LogP contribution in [0.25, 0.3) is 0 Å². The van der Waals surface area contributed by atoms with E-state index in [0.717, 1.165) is 25.9 Å². The zero-order chi connectivity index (χ0) is 12.3. The zero-order valence-electron chi connectivity index (χ0n) is 11.0. The Morgan fingerprint density at radius 1 is 0.938 bits per heavy atom. The average Bonchev–Trinajstić information content (AvgIpc) is 2.32. The highest BCUT2D eigenvalue weighted by Gasteiger charge is 2.19. The summed E-state index contributed by atoms with van der Waals surface area (Å²) in [6, 6.07) is 0. The molecule has 0 amide bonds. The molecular formula is C12H27NO3. The van der Waals surface area contributed by atoms with Crippen LogP contribution in [-0.4, -0.2) is 45.7 Å². The summed E-state index contributed by atoms with van der Waals surface area (Å²) in [4.78, 5) is 0. The van der Waals surface area contributed by atoms with Crippen molar-refractivity contribution in [3.8, 4) is 0 Å². The van der Waals surface area contributed by atoms with Crippen molar-refractivity contribution in [3.05, 3.63) is 0 Å². The minimum atomic E-state index is -0.156. The Morgan fingerprint density at radius 3 is 2.12 bits per heavy atom. The second-order valence-corrected chi connectivity index (χ2v) is 4.08. The van der Waals surface area contributed by atoms with Crippen LogP contribution in [0.2, 0.25) is 0 Å². The van der Waals surface area contributed by atoms with Gasteiger partial charge < -0.3 is 19.9 Å². The predicted molar refractivity (Wildman–Crippen MR) is 65.6 cm³/mol. The van der Waals surface area contributed by atoms with Gasteiger partial charge in [0, 0.05) is 25.9 Å². The molecule has 2 N–H and O–H groups in total. The molecule has 98 valence electrons. The molecule has 0 atom stereocenters. The van der Waals surface area contributed by atoms with Crippen molar-refractivity contribution >= 4 is 0 Å². The number of ether oxygens (including phenoxy) is 3. The molecule has 0 aliphatic rings. The third-order valence-electron chi connectivity index (χ3n) is 2.81. The van der Waals surface area contributed by atoms with E-state index >= 15 is 0 Å². The number of methoxy groups -OCH3 is 1. The van der Waals surface area contributed by atoms with Gasteiger partial charge in [-0.1, -0.05) is 13.8 Å². The van der Waals surface area contributed by atoms with Gasteiger partial charge in [0.25, 0.3) is 0 Å². The minimum absolute atomic E-state index is 0.156. The van der Waals surface area contributed by atoms with Crippen molar-refractivity contribution in [2.24, 2.45) is 5.73 Å². The summed E-state index contributed by atoms with van der Waals surface area (Å²) in [5, 5.41) is 0. The lowest BCUT2D eigenvalue weighted by Gasteiger charge is -2.26. The molecule has 0 aliphatic carbocycles. The van der Waals surface area contributed by atoms with Crippen LogP contribution in [0.15, 0.2) is 0 Å². The van der Waals surface area contributed by atoms with Gasteiger partial charge in [-0.05, 0) is 19.3 Å². The van der Waals surface area contributed by atoms with E-state index in [4.69, 9.17) is 19.9 Å². The molecule has 0 spiro atoms. The van der Waals surface area contributed by atoms with Crippen molar-refractivity contribution in [3.63, 3.8) is 0 Å². The van der Waals surface area contributed by atoms with Crippen LogP contribution < -0.4 is 5.73 Å². The molecule has 0 saturated heterocycles. The molecular weight excluding hydrogens is 206 g/mol. The first-order chi connectivity index (χ1) is 7.68. The Balaban J connectivity index is 3.26. The van der Waals surface area contributed by atoms with E-state index in [-0.39, 0.29) is 5.54 Å². The smallest absolute Gasteiger partial charge is 0.0700 e. The summed E-state index contributed by atoms with van der Waals surface area (Å²) in [5.41, 5.74) is 5.95.